The van der Waals surface area contributed by atoms with Crippen LogP contribution in [0.4, 0.5) is 5.69 Å². The molecule has 19 heavy (non-hydrogen) atoms. The molecule has 0 amide bonds. The Balaban J connectivity index is 2.50. The van der Waals surface area contributed by atoms with E-state index in [1.165, 1.54) is 12.1 Å². The van der Waals surface area contributed by atoms with Crippen LogP contribution in [0.3, 0.4) is 0 Å². The van der Waals surface area contributed by atoms with Gasteiger partial charge in [-0.25, -0.2) is 13.2 Å². The van der Waals surface area contributed by atoms with Crippen LogP contribution < -0.4 is 5.73 Å². The predicted octanol–water partition coefficient (Wildman–Crippen LogP) is 1.90. The summed E-state index contributed by atoms with van der Waals surface area (Å²) in [5.74, 6) is -0.516. The van der Waals surface area contributed by atoms with Crippen molar-refractivity contribution in [3.63, 3.8) is 0 Å². The van der Waals surface area contributed by atoms with Crippen molar-refractivity contribution in [1.82, 2.24) is 0 Å². The first-order chi connectivity index (χ1) is 8.85. The molecule has 0 saturated carbocycles. The Kier molecular flexibility index (Phi) is 5.62. The first-order valence-electron chi connectivity index (χ1n) is 5.78. The quantitative estimate of drug-likeness (QED) is 0.493. The van der Waals surface area contributed by atoms with Gasteiger partial charge in [0.25, 0.3) is 0 Å². The van der Waals surface area contributed by atoms with Crippen molar-refractivity contribution in [2.75, 3.05) is 23.8 Å². The van der Waals surface area contributed by atoms with E-state index in [1.807, 2.05) is 0 Å². The minimum atomic E-state index is -3.03. The lowest BCUT2D eigenvalue weighted by Crippen LogP contribution is -2.14. The van der Waals surface area contributed by atoms with Gasteiger partial charge in [-0.3, -0.25) is 0 Å². The van der Waals surface area contributed by atoms with Crippen molar-refractivity contribution in [1.29, 1.82) is 0 Å². The molecule has 0 unspecified atom stereocenters. The number of carbonyl (C=O) groups is 1. The molecular formula is C12H16ClNO4S. The van der Waals surface area contributed by atoms with Gasteiger partial charge in [-0.2, -0.15) is 0 Å². The third-order valence-electron chi connectivity index (χ3n) is 2.51. The smallest absolute Gasteiger partial charge is 0.340 e. The van der Waals surface area contributed by atoms with Crippen LogP contribution in [0.15, 0.2) is 18.2 Å². The zero-order valence-electron chi connectivity index (χ0n) is 10.6. The molecule has 0 atom stereocenters. The van der Waals surface area contributed by atoms with E-state index in [0.29, 0.717) is 5.02 Å². The summed E-state index contributed by atoms with van der Waals surface area (Å²) >= 11 is 5.76. The van der Waals surface area contributed by atoms with Crippen molar-refractivity contribution >= 4 is 33.1 Å². The van der Waals surface area contributed by atoms with Crippen LogP contribution in [0, 0.1) is 0 Å². The van der Waals surface area contributed by atoms with Gasteiger partial charge in [0.1, 0.15) is 9.84 Å². The van der Waals surface area contributed by atoms with Gasteiger partial charge >= 0.3 is 5.97 Å². The highest BCUT2D eigenvalue weighted by Crippen LogP contribution is 2.18. The normalized spacial score (nSPS) is 11.3. The molecule has 1 rings (SSSR count). The van der Waals surface area contributed by atoms with Gasteiger partial charge < -0.3 is 10.5 Å². The van der Waals surface area contributed by atoms with Gasteiger partial charge in [0.05, 0.1) is 17.9 Å². The molecule has 5 nitrogen and oxygen atoms in total. The molecule has 0 aromatic heterocycles. The number of nitrogen functional groups attached to an aromatic ring is 1. The number of rotatable bonds is 6. The van der Waals surface area contributed by atoms with E-state index in [1.54, 1.807) is 13.0 Å². The van der Waals surface area contributed by atoms with Crippen molar-refractivity contribution in [2.45, 2.75) is 13.3 Å². The molecule has 2 N–H and O–H groups in total. The molecule has 0 aliphatic carbocycles. The summed E-state index contributed by atoms with van der Waals surface area (Å²) in [7, 11) is -3.03. The van der Waals surface area contributed by atoms with Gasteiger partial charge in [0, 0.05) is 16.5 Å². The number of benzene rings is 1. The summed E-state index contributed by atoms with van der Waals surface area (Å²) < 4.78 is 27.4. The summed E-state index contributed by atoms with van der Waals surface area (Å²) in [4.78, 5) is 11.7. The maximum Gasteiger partial charge on any atom is 0.340 e. The predicted molar refractivity (Wildman–Crippen MR) is 75.1 cm³/mol. The van der Waals surface area contributed by atoms with E-state index < -0.39 is 15.8 Å². The number of carbonyl (C=O) groups excluding carboxylic acids is 1. The molecule has 0 radical (unpaired) electrons. The third kappa shape index (κ3) is 5.08. The lowest BCUT2D eigenvalue weighted by Gasteiger charge is -2.07. The highest BCUT2D eigenvalue weighted by atomic mass is 35.5. The Morgan fingerprint density at radius 2 is 2.11 bits per heavy atom. The molecule has 0 aliphatic heterocycles. The number of sulfone groups is 1. The van der Waals surface area contributed by atoms with E-state index in [-0.39, 0.29) is 35.8 Å². The van der Waals surface area contributed by atoms with Gasteiger partial charge in [0.15, 0.2) is 0 Å². The molecule has 7 heteroatoms. The summed E-state index contributed by atoms with van der Waals surface area (Å²) in [6.07, 6.45) is 0.266. The third-order valence-corrected chi connectivity index (χ3v) is 4.53. The van der Waals surface area contributed by atoms with E-state index in [4.69, 9.17) is 22.1 Å². The van der Waals surface area contributed by atoms with Gasteiger partial charge in [-0.15, -0.1) is 0 Å². The number of ether oxygens (including phenoxy) is 1. The van der Waals surface area contributed by atoms with Crippen molar-refractivity contribution in [3.05, 3.63) is 28.8 Å². The number of esters is 1. The Hall–Kier alpha value is -1.27. The van der Waals surface area contributed by atoms with E-state index in [9.17, 15) is 13.2 Å². The lowest BCUT2D eigenvalue weighted by molar-refractivity contribution is 0.0507. The summed E-state index contributed by atoms with van der Waals surface area (Å²) in [5, 5.41) is 0.384. The molecule has 0 spiro atoms. The number of halogens is 1. The Bertz CT molecular complexity index is 557. The van der Waals surface area contributed by atoms with E-state index in [2.05, 4.69) is 0 Å². The lowest BCUT2D eigenvalue weighted by atomic mass is 10.2. The van der Waals surface area contributed by atoms with Crippen LogP contribution in [-0.2, 0) is 14.6 Å². The first-order valence-corrected chi connectivity index (χ1v) is 7.98. The van der Waals surface area contributed by atoms with Gasteiger partial charge in [-0.1, -0.05) is 18.5 Å². The Morgan fingerprint density at radius 1 is 1.42 bits per heavy atom. The maximum atomic E-state index is 11.7. The zero-order valence-corrected chi connectivity index (χ0v) is 12.1. The standard InChI is InChI=1S/C12H16ClNO4S/c1-2-19(16,17)7-3-6-18-12(15)10-8-9(13)4-5-11(10)14/h4-5,8H,2-3,6-7,14H2,1H3. The molecule has 0 saturated heterocycles. The largest absolute Gasteiger partial charge is 0.462 e. The molecule has 1 aromatic carbocycles. The molecule has 0 bridgehead atoms. The van der Waals surface area contributed by atoms with Gasteiger partial charge in [0.2, 0.25) is 0 Å². The second-order valence-electron chi connectivity index (χ2n) is 3.96. The highest BCUT2D eigenvalue weighted by molar-refractivity contribution is 7.91. The summed E-state index contributed by atoms with van der Waals surface area (Å²) in [6, 6.07) is 4.50. The van der Waals surface area contributed by atoms with Crippen LogP contribution in [-0.4, -0.2) is 32.5 Å². The number of anilines is 1. The van der Waals surface area contributed by atoms with Crippen LogP contribution in [0.1, 0.15) is 23.7 Å². The zero-order chi connectivity index (χ0) is 14.5. The average Bonchev–Trinajstić information content (AvgIpc) is 2.37. The number of hydrogen-bond donors (Lipinski definition) is 1. The summed E-state index contributed by atoms with van der Waals surface area (Å²) in [5.41, 5.74) is 6.09. The molecule has 1 aromatic rings. The van der Waals surface area contributed by atoms with Crippen molar-refractivity contribution in [3.8, 4) is 0 Å². The second kappa shape index (κ2) is 6.77. The average molecular weight is 306 g/mol. The number of nitrogens with two attached hydrogens (primary N) is 1. The van der Waals surface area contributed by atoms with Gasteiger partial charge in [-0.05, 0) is 24.6 Å². The van der Waals surface area contributed by atoms with Crippen molar-refractivity contribution in [2.24, 2.45) is 0 Å². The molecule has 106 valence electrons. The molecular weight excluding hydrogens is 290 g/mol. The van der Waals surface area contributed by atoms with E-state index in [0.717, 1.165) is 0 Å². The SMILES string of the molecule is CCS(=O)(=O)CCCOC(=O)c1cc(Cl)ccc1N. The Labute approximate surface area is 117 Å². The minimum Gasteiger partial charge on any atom is -0.462 e. The topological polar surface area (TPSA) is 86.5 Å². The Morgan fingerprint density at radius 3 is 2.74 bits per heavy atom. The van der Waals surface area contributed by atoms with Crippen molar-refractivity contribution < 1.29 is 17.9 Å². The second-order valence-corrected chi connectivity index (χ2v) is 6.87. The fraction of sp³-hybridized carbons (Fsp3) is 0.417. The van der Waals surface area contributed by atoms with E-state index >= 15 is 0 Å². The highest BCUT2D eigenvalue weighted by Gasteiger charge is 2.13. The maximum absolute atomic E-state index is 11.7. The van der Waals surface area contributed by atoms with Crippen LogP contribution in [0.25, 0.3) is 0 Å². The molecule has 0 heterocycles. The monoisotopic (exact) mass is 305 g/mol. The van der Waals surface area contributed by atoms with Crippen LogP contribution >= 0.6 is 11.6 Å². The molecule has 0 aliphatic rings. The number of hydrogen-bond acceptors (Lipinski definition) is 5. The van der Waals surface area contributed by atoms with Crippen LogP contribution in [0.2, 0.25) is 5.02 Å². The summed E-state index contributed by atoms with van der Waals surface area (Å²) in [6.45, 7) is 1.61. The fourth-order valence-corrected chi connectivity index (χ4v) is 2.39. The first kappa shape index (κ1) is 15.8. The molecule has 0 fully saturated rings. The fourth-order valence-electron chi connectivity index (χ4n) is 1.37. The van der Waals surface area contributed by atoms with Crippen LogP contribution in [0.5, 0.6) is 0 Å². The minimum absolute atomic E-state index is 0.00179.